The molecule has 0 radical (unpaired) electrons. The lowest BCUT2D eigenvalue weighted by Gasteiger charge is -2.13. The Hall–Kier alpha value is -2.09. The number of carbonyl (C=O) groups is 1. The van der Waals surface area contributed by atoms with Gasteiger partial charge in [0.2, 0.25) is 11.9 Å². The van der Waals surface area contributed by atoms with Gasteiger partial charge in [0.15, 0.2) is 0 Å². The quantitative estimate of drug-likeness (QED) is 0.742. The topological polar surface area (TPSA) is 72.1 Å². The summed E-state index contributed by atoms with van der Waals surface area (Å²) in [7, 11) is 0. The molecule has 5 heteroatoms. The Bertz CT molecular complexity index is 452. The maximum Gasteiger partial charge on any atom is 0.229 e. The fourth-order valence-electron chi connectivity index (χ4n) is 1.70. The molecule has 2 rings (SSSR count). The fraction of sp³-hybridized carbons (Fsp3) is 0.417. The van der Waals surface area contributed by atoms with E-state index in [-0.39, 0.29) is 6.42 Å². The molecule has 2 N–H and O–H groups in total. The smallest absolute Gasteiger partial charge is 0.229 e. The number of carbonyl (C=O) groups excluding carboxylic acids is 1. The first-order valence-corrected chi connectivity index (χ1v) is 5.60. The van der Waals surface area contributed by atoms with Gasteiger partial charge >= 0.3 is 0 Å². The van der Waals surface area contributed by atoms with Crippen molar-refractivity contribution in [1.29, 1.82) is 0 Å². The SMILES string of the molecule is NC(=O)CC#Cc1cnc(N2CCCC2)nc1. The molecule has 0 bridgehead atoms. The molecule has 5 nitrogen and oxygen atoms in total. The summed E-state index contributed by atoms with van der Waals surface area (Å²) >= 11 is 0. The van der Waals surface area contributed by atoms with Gasteiger partial charge in [0.1, 0.15) is 0 Å². The summed E-state index contributed by atoms with van der Waals surface area (Å²) in [6.45, 7) is 2.04. The minimum absolute atomic E-state index is 0.0634. The molecule has 17 heavy (non-hydrogen) atoms. The highest BCUT2D eigenvalue weighted by Crippen LogP contribution is 2.14. The van der Waals surface area contributed by atoms with Crippen LogP contribution in [0.1, 0.15) is 24.8 Å². The molecule has 0 spiro atoms. The number of primary amides is 1. The molecule has 88 valence electrons. The summed E-state index contributed by atoms with van der Waals surface area (Å²) in [5.41, 5.74) is 5.69. The molecule has 1 aliphatic rings. The van der Waals surface area contributed by atoms with E-state index in [0.717, 1.165) is 19.0 Å². The van der Waals surface area contributed by atoms with Gasteiger partial charge in [-0.1, -0.05) is 11.8 Å². The Kier molecular flexibility index (Phi) is 3.55. The van der Waals surface area contributed by atoms with Crippen molar-refractivity contribution in [3.05, 3.63) is 18.0 Å². The van der Waals surface area contributed by atoms with Crippen LogP contribution >= 0.6 is 0 Å². The van der Waals surface area contributed by atoms with E-state index in [0.29, 0.717) is 5.56 Å². The number of anilines is 1. The van der Waals surface area contributed by atoms with Crippen molar-refractivity contribution >= 4 is 11.9 Å². The Morgan fingerprint density at radius 1 is 1.35 bits per heavy atom. The standard InChI is InChI=1S/C12H14N4O/c13-11(17)5-3-4-10-8-14-12(15-9-10)16-6-1-2-7-16/h8-9H,1-2,5-7H2,(H2,13,17). The lowest BCUT2D eigenvalue weighted by atomic mass is 10.3. The number of hydrogen-bond donors (Lipinski definition) is 1. The van der Waals surface area contributed by atoms with Crippen molar-refractivity contribution in [2.45, 2.75) is 19.3 Å². The lowest BCUT2D eigenvalue weighted by Crippen LogP contribution is -2.20. The van der Waals surface area contributed by atoms with E-state index in [1.165, 1.54) is 12.8 Å². The minimum Gasteiger partial charge on any atom is -0.369 e. The third-order valence-corrected chi connectivity index (χ3v) is 2.52. The third kappa shape index (κ3) is 3.18. The van der Waals surface area contributed by atoms with Crippen LogP contribution in [0.3, 0.4) is 0 Å². The molecule has 2 heterocycles. The minimum atomic E-state index is -0.424. The second kappa shape index (κ2) is 5.30. The summed E-state index contributed by atoms with van der Waals surface area (Å²) < 4.78 is 0. The summed E-state index contributed by atoms with van der Waals surface area (Å²) in [6.07, 6.45) is 5.81. The van der Waals surface area contributed by atoms with Crippen LogP contribution in [0.5, 0.6) is 0 Å². The summed E-state index contributed by atoms with van der Waals surface area (Å²) in [5.74, 6) is 5.80. The molecule has 1 saturated heterocycles. The van der Waals surface area contributed by atoms with Crippen molar-refractivity contribution < 1.29 is 4.79 Å². The molecule has 1 aromatic rings. The van der Waals surface area contributed by atoms with Crippen LogP contribution < -0.4 is 10.6 Å². The van der Waals surface area contributed by atoms with Gasteiger partial charge in [-0.2, -0.15) is 0 Å². The average Bonchev–Trinajstić information content (AvgIpc) is 2.83. The number of nitrogens with zero attached hydrogens (tertiary/aromatic N) is 3. The van der Waals surface area contributed by atoms with Gasteiger partial charge in [0, 0.05) is 25.5 Å². The van der Waals surface area contributed by atoms with E-state index in [9.17, 15) is 4.79 Å². The number of nitrogens with two attached hydrogens (primary N) is 1. The first-order chi connectivity index (χ1) is 8.25. The molecule has 0 aromatic carbocycles. The van der Waals surface area contributed by atoms with E-state index < -0.39 is 5.91 Å². The average molecular weight is 230 g/mol. The first-order valence-electron chi connectivity index (χ1n) is 5.60. The van der Waals surface area contributed by atoms with Crippen molar-refractivity contribution in [2.24, 2.45) is 5.73 Å². The van der Waals surface area contributed by atoms with Gasteiger partial charge in [-0.25, -0.2) is 9.97 Å². The summed E-state index contributed by atoms with van der Waals surface area (Å²) in [4.78, 5) is 21.2. The Labute approximate surface area is 100 Å². The highest BCUT2D eigenvalue weighted by Gasteiger charge is 2.13. The molecular formula is C12H14N4O. The van der Waals surface area contributed by atoms with Crippen molar-refractivity contribution in [1.82, 2.24) is 9.97 Å². The van der Waals surface area contributed by atoms with Crippen LogP contribution in [-0.2, 0) is 4.79 Å². The van der Waals surface area contributed by atoms with Crippen LogP contribution in [0.15, 0.2) is 12.4 Å². The first kappa shape index (κ1) is 11.4. The van der Waals surface area contributed by atoms with Crippen LogP contribution in [0, 0.1) is 11.8 Å². The highest BCUT2D eigenvalue weighted by molar-refractivity contribution is 5.76. The molecule has 1 aliphatic heterocycles. The second-order valence-electron chi connectivity index (χ2n) is 3.91. The molecule has 0 aliphatic carbocycles. The number of hydrogen-bond acceptors (Lipinski definition) is 4. The zero-order valence-corrected chi connectivity index (χ0v) is 9.52. The predicted molar refractivity (Wildman–Crippen MR) is 64.2 cm³/mol. The van der Waals surface area contributed by atoms with E-state index in [1.807, 2.05) is 0 Å². The van der Waals surface area contributed by atoms with Crippen LogP contribution in [0.25, 0.3) is 0 Å². The second-order valence-corrected chi connectivity index (χ2v) is 3.91. The van der Waals surface area contributed by atoms with Gasteiger partial charge in [-0.05, 0) is 12.8 Å². The Morgan fingerprint density at radius 2 is 2.00 bits per heavy atom. The molecule has 1 fully saturated rings. The van der Waals surface area contributed by atoms with Gasteiger partial charge in [0.25, 0.3) is 0 Å². The molecule has 0 saturated carbocycles. The predicted octanol–water partition coefficient (Wildman–Crippen LogP) is 0.304. The summed E-state index contributed by atoms with van der Waals surface area (Å²) in [5, 5.41) is 0. The number of aromatic nitrogens is 2. The number of amides is 1. The molecular weight excluding hydrogens is 216 g/mol. The largest absolute Gasteiger partial charge is 0.369 e. The van der Waals surface area contributed by atoms with E-state index in [1.54, 1.807) is 12.4 Å². The molecule has 1 amide bonds. The van der Waals surface area contributed by atoms with Gasteiger partial charge in [-0.3, -0.25) is 4.79 Å². The molecule has 0 unspecified atom stereocenters. The Balaban J connectivity index is 2.01. The molecule has 1 aromatic heterocycles. The fourth-order valence-corrected chi connectivity index (χ4v) is 1.70. The Morgan fingerprint density at radius 3 is 2.59 bits per heavy atom. The number of rotatable bonds is 2. The van der Waals surface area contributed by atoms with Crippen LogP contribution in [-0.4, -0.2) is 29.0 Å². The van der Waals surface area contributed by atoms with Gasteiger partial charge < -0.3 is 10.6 Å². The monoisotopic (exact) mass is 230 g/mol. The third-order valence-electron chi connectivity index (χ3n) is 2.52. The van der Waals surface area contributed by atoms with Crippen LogP contribution in [0.2, 0.25) is 0 Å². The van der Waals surface area contributed by atoms with Crippen molar-refractivity contribution in [2.75, 3.05) is 18.0 Å². The van der Waals surface area contributed by atoms with Crippen molar-refractivity contribution in [3.63, 3.8) is 0 Å². The lowest BCUT2D eigenvalue weighted by molar-refractivity contribution is -0.117. The maximum atomic E-state index is 10.5. The maximum absolute atomic E-state index is 10.5. The molecule has 0 atom stereocenters. The van der Waals surface area contributed by atoms with E-state index in [2.05, 4.69) is 26.7 Å². The normalized spacial score (nSPS) is 14.2. The van der Waals surface area contributed by atoms with E-state index >= 15 is 0 Å². The van der Waals surface area contributed by atoms with Gasteiger partial charge in [0.05, 0.1) is 12.0 Å². The zero-order valence-electron chi connectivity index (χ0n) is 9.52. The zero-order chi connectivity index (χ0) is 12.1. The van der Waals surface area contributed by atoms with E-state index in [4.69, 9.17) is 5.73 Å². The highest BCUT2D eigenvalue weighted by atomic mass is 16.1. The van der Waals surface area contributed by atoms with Gasteiger partial charge in [-0.15, -0.1) is 0 Å². The van der Waals surface area contributed by atoms with Crippen molar-refractivity contribution in [3.8, 4) is 11.8 Å². The van der Waals surface area contributed by atoms with Crippen LogP contribution in [0.4, 0.5) is 5.95 Å². The summed E-state index contributed by atoms with van der Waals surface area (Å²) in [6, 6.07) is 0.